The number of hydrogen-bond acceptors (Lipinski definition) is 6. The van der Waals surface area contributed by atoms with Crippen molar-refractivity contribution in [2.45, 2.75) is 6.42 Å². The Kier molecular flexibility index (Phi) is 6.76. The number of carbonyl (C=O) groups is 2. The smallest absolute Gasteiger partial charge is 0.266 e. The molecular formula is C15H19N3O2S3. The lowest BCUT2D eigenvalue weighted by Gasteiger charge is -2.14. The summed E-state index contributed by atoms with van der Waals surface area (Å²) in [6.45, 7) is 1.71. The molecule has 0 aliphatic carbocycles. The van der Waals surface area contributed by atoms with Crippen LogP contribution in [0.3, 0.4) is 0 Å². The Hall–Kier alpha value is -1.22. The Morgan fingerprint density at radius 2 is 2.26 bits per heavy atom. The van der Waals surface area contributed by atoms with E-state index in [2.05, 4.69) is 5.32 Å². The monoisotopic (exact) mass is 369 g/mol. The van der Waals surface area contributed by atoms with Crippen molar-refractivity contribution in [3.63, 3.8) is 0 Å². The highest BCUT2D eigenvalue weighted by Gasteiger charge is 2.32. The molecule has 0 spiro atoms. The van der Waals surface area contributed by atoms with Gasteiger partial charge in [0, 0.05) is 30.9 Å². The van der Waals surface area contributed by atoms with Crippen LogP contribution in [0.2, 0.25) is 0 Å². The highest BCUT2D eigenvalue weighted by atomic mass is 32.2. The molecule has 0 aromatic carbocycles. The third kappa shape index (κ3) is 5.42. The summed E-state index contributed by atoms with van der Waals surface area (Å²) in [7, 11) is 3.90. The number of hydrogen-bond donors (Lipinski definition) is 1. The molecule has 0 bridgehead atoms. The minimum absolute atomic E-state index is 0.0665. The SMILES string of the molecule is CN(C)CCNC(=O)CCN1C(=O)C(=Cc2cccs2)SC1=S. The van der Waals surface area contributed by atoms with Gasteiger partial charge in [-0.15, -0.1) is 11.3 Å². The van der Waals surface area contributed by atoms with Crippen molar-refractivity contribution in [3.05, 3.63) is 27.3 Å². The van der Waals surface area contributed by atoms with Gasteiger partial charge in [0.1, 0.15) is 4.32 Å². The van der Waals surface area contributed by atoms with E-state index < -0.39 is 0 Å². The molecule has 0 atom stereocenters. The van der Waals surface area contributed by atoms with Gasteiger partial charge in [0.15, 0.2) is 0 Å². The number of nitrogens with one attached hydrogen (secondary N) is 1. The molecule has 2 heterocycles. The van der Waals surface area contributed by atoms with Crippen LogP contribution in [0.4, 0.5) is 0 Å². The molecule has 1 aromatic rings. The molecule has 1 fully saturated rings. The van der Waals surface area contributed by atoms with Crippen molar-refractivity contribution < 1.29 is 9.59 Å². The molecule has 2 amide bonds. The maximum Gasteiger partial charge on any atom is 0.266 e. The summed E-state index contributed by atoms with van der Waals surface area (Å²) >= 11 is 8.12. The number of carbonyl (C=O) groups excluding carboxylic acids is 2. The first-order valence-electron chi connectivity index (χ1n) is 7.17. The lowest BCUT2D eigenvalue weighted by molar-refractivity contribution is -0.123. The van der Waals surface area contributed by atoms with E-state index in [0.717, 1.165) is 11.4 Å². The summed E-state index contributed by atoms with van der Waals surface area (Å²) in [5.74, 6) is -0.183. The van der Waals surface area contributed by atoms with E-state index in [4.69, 9.17) is 12.2 Å². The van der Waals surface area contributed by atoms with Gasteiger partial charge < -0.3 is 10.2 Å². The van der Waals surface area contributed by atoms with Gasteiger partial charge in [-0.1, -0.05) is 30.0 Å². The average molecular weight is 370 g/mol. The number of thiophene rings is 1. The highest BCUT2D eigenvalue weighted by Crippen LogP contribution is 2.33. The molecule has 23 heavy (non-hydrogen) atoms. The highest BCUT2D eigenvalue weighted by molar-refractivity contribution is 8.26. The fourth-order valence-electron chi connectivity index (χ4n) is 1.92. The largest absolute Gasteiger partial charge is 0.355 e. The van der Waals surface area contributed by atoms with Gasteiger partial charge in [-0.25, -0.2) is 0 Å². The number of rotatable bonds is 7. The average Bonchev–Trinajstić information content (AvgIpc) is 3.07. The Balaban J connectivity index is 1.85. The minimum Gasteiger partial charge on any atom is -0.355 e. The zero-order valence-electron chi connectivity index (χ0n) is 13.1. The lowest BCUT2D eigenvalue weighted by Crippen LogP contribution is -2.35. The Morgan fingerprint density at radius 1 is 1.48 bits per heavy atom. The summed E-state index contributed by atoms with van der Waals surface area (Å²) in [5.41, 5.74) is 0. The van der Waals surface area contributed by atoms with Gasteiger partial charge in [0.25, 0.3) is 5.91 Å². The van der Waals surface area contributed by atoms with E-state index in [9.17, 15) is 9.59 Å². The van der Waals surface area contributed by atoms with Crippen molar-refractivity contribution in [2.24, 2.45) is 0 Å². The quantitative estimate of drug-likeness (QED) is 0.589. The molecule has 1 N–H and O–H groups in total. The van der Waals surface area contributed by atoms with Crippen LogP contribution < -0.4 is 5.32 Å². The van der Waals surface area contributed by atoms with Gasteiger partial charge >= 0.3 is 0 Å². The normalized spacial score (nSPS) is 16.7. The summed E-state index contributed by atoms with van der Waals surface area (Å²) < 4.78 is 0.513. The van der Waals surface area contributed by atoms with Crippen molar-refractivity contribution in [1.82, 2.24) is 15.1 Å². The fourth-order valence-corrected chi connectivity index (χ4v) is 3.95. The molecule has 1 aromatic heterocycles. The topological polar surface area (TPSA) is 52.7 Å². The van der Waals surface area contributed by atoms with Gasteiger partial charge in [-0.05, 0) is 31.6 Å². The summed E-state index contributed by atoms with van der Waals surface area (Å²) in [6.07, 6.45) is 2.10. The van der Waals surface area contributed by atoms with Gasteiger partial charge in [-0.2, -0.15) is 0 Å². The standard InChI is InChI=1S/C15H19N3O2S3/c1-17(2)8-6-16-13(19)5-7-18-14(20)12(23-15(18)21)10-11-4-3-9-22-11/h3-4,9-10H,5-8H2,1-2H3,(H,16,19). The summed E-state index contributed by atoms with van der Waals surface area (Å²) in [6, 6.07) is 3.89. The number of nitrogens with zero attached hydrogens (tertiary/aromatic N) is 2. The third-order valence-corrected chi connectivity index (χ3v) is 5.33. The van der Waals surface area contributed by atoms with Crippen LogP contribution in [0.25, 0.3) is 6.08 Å². The minimum atomic E-state index is -0.116. The van der Waals surface area contributed by atoms with Gasteiger partial charge in [-0.3, -0.25) is 14.5 Å². The van der Waals surface area contributed by atoms with Crippen LogP contribution in [-0.4, -0.2) is 59.7 Å². The van der Waals surface area contributed by atoms with Crippen molar-refractivity contribution in [3.8, 4) is 0 Å². The van der Waals surface area contributed by atoms with Crippen LogP contribution in [0.5, 0.6) is 0 Å². The number of amides is 2. The first-order chi connectivity index (χ1) is 11.0. The maximum atomic E-state index is 12.4. The Bertz CT molecular complexity index is 611. The van der Waals surface area contributed by atoms with Gasteiger partial charge in [0.05, 0.1) is 4.91 Å². The molecule has 0 unspecified atom stereocenters. The van der Waals surface area contributed by atoms with Crippen LogP contribution in [-0.2, 0) is 9.59 Å². The number of thiocarbonyl (C=S) groups is 1. The molecule has 2 rings (SSSR count). The zero-order chi connectivity index (χ0) is 16.8. The molecule has 0 saturated carbocycles. The van der Waals surface area contributed by atoms with Gasteiger partial charge in [0.2, 0.25) is 5.91 Å². The predicted molar refractivity (Wildman–Crippen MR) is 100 cm³/mol. The molecule has 5 nitrogen and oxygen atoms in total. The van der Waals surface area contributed by atoms with Crippen LogP contribution >= 0.6 is 35.3 Å². The Morgan fingerprint density at radius 3 is 2.91 bits per heavy atom. The third-order valence-electron chi connectivity index (χ3n) is 3.13. The maximum absolute atomic E-state index is 12.4. The van der Waals surface area contributed by atoms with E-state index in [0.29, 0.717) is 22.3 Å². The first-order valence-corrected chi connectivity index (χ1v) is 9.28. The summed E-state index contributed by atoms with van der Waals surface area (Å²) in [5, 5.41) is 4.80. The second-order valence-corrected chi connectivity index (χ2v) is 7.91. The van der Waals surface area contributed by atoms with Crippen molar-refractivity contribution >= 4 is 57.5 Å². The van der Waals surface area contributed by atoms with E-state index in [-0.39, 0.29) is 18.2 Å². The second-order valence-electron chi connectivity index (χ2n) is 5.25. The number of likely N-dealkylation sites (N-methyl/N-ethyl adjacent to an activating group) is 1. The molecular weight excluding hydrogens is 350 g/mol. The molecule has 1 aliphatic rings. The lowest BCUT2D eigenvalue weighted by atomic mass is 10.3. The van der Waals surface area contributed by atoms with E-state index in [1.807, 2.05) is 42.6 Å². The van der Waals surface area contributed by atoms with Crippen molar-refractivity contribution in [2.75, 3.05) is 33.7 Å². The summed E-state index contributed by atoms with van der Waals surface area (Å²) in [4.78, 5) is 29.3. The molecule has 1 aliphatic heterocycles. The van der Waals surface area contributed by atoms with E-state index in [1.54, 1.807) is 11.3 Å². The first kappa shape index (κ1) is 18.1. The zero-order valence-corrected chi connectivity index (χ0v) is 15.5. The fraction of sp³-hybridized carbons (Fsp3) is 0.400. The second kappa shape index (κ2) is 8.58. The molecule has 1 saturated heterocycles. The van der Waals surface area contributed by atoms with E-state index >= 15 is 0 Å². The molecule has 0 radical (unpaired) electrons. The molecule has 8 heteroatoms. The van der Waals surface area contributed by atoms with Crippen LogP contribution in [0.15, 0.2) is 22.4 Å². The van der Waals surface area contributed by atoms with Crippen molar-refractivity contribution in [1.29, 1.82) is 0 Å². The predicted octanol–water partition coefficient (Wildman–Crippen LogP) is 2.02. The molecule has 124 valence electrons. The van der Waals surface area contributed by atoms with Crippen LogP contribution in [0, 0.1) is 0 Å². The Labute approximate surface area is 149 Å². The van der Waals surface area contributed by atoms with Crippen LogP contribution in [0.1, 0.15) is 11.3 Å². The number of thioether (sulfide) groups is 1. The van der Waals surface area contributed by atoms with E-state index in [1.165, 1.54) is 16.7 Å².